The van der Waals surface area contributed by atoms with E-state index in [0.717, 1.165) is 37.7 Å². The molecule has 0 aliphatic carbocycles. The second-order valence-corrected chi connectivity index (χ2v) is 3.88. The molecule has 2 rings (SSSR count). The predicted octanol–water partition coefficient (Wildman–Crippen LogP) is 1.90. The van der Waals surface area contributed by atoms with Crippen molar-refractivity contribution in [2.24, 2.45) is 0 Å². The summed E-state index contributed by atoms with van der Waals surface area (Å²) in [6.45, 7) is 5.38. The molecule has 4 nitrogen and oxygen atoms in total. The zero-order valence-corrected chi connectivity index (χ0v) is 9.24. The van der Waals surface area contributed by atoms with Crippen molar-refractivity contribution in [2.75, 3.05) is 29.9 Å². The quantitative estimate of drug-likeness (QED) is 0.817. The van der Waals surface area contributed by atoms with Crippen molar-refractivity contribution in [3.8, 4) is 0 Å². The molecule has 15 heavy (non-hydrogen) atoms. The lowest BCUT2D eigenvalue weighted by molar-refractivity contribution is 0.919. The van der Waals surface area contributed by atoms with E-state index in [0.29, 0.717) is 0 Å². The van der Waals surface area contributed by atoms with Crippen LogP contribution in [0.3, 0.4) is 0 Å². The second-order valence-electron chi connectivity index (χ2n) is 3.88. The molecule has 0 bridgehead atoms. The van der Waals surface area contributed by atoms with Crippen molar-refractivity contribution in [1.82, 2.24) is 9.97 Å². The van der Waals surface area contributed by atoms with E-state index in [1.807, 2.05) is 6.07 Å². The van der Waals surface area contributed by atoms with E-state index in [1.54, 1.807) is 6.33 Å². The van der Waals surface area contributed by atoms with Crippen molar-refractivity contribution in [3.05, 3.63) is 12.4 Å². The van der Waals surface area contributed by atoms with Gasteiger partial charge in [-0.1, -0.05) is 6.92 Å². The molecule has 0 radical (unpaired) electrons. The topological polar surface area (TPSA) is 41.0 Å². The van der Waals surface area contributed by atoms with Gasteiger partial charge in [0.2, 0.25) is 0 Å². The third-order valence-electron chi connectivity index (χ3n) is 2.64. The van der Waals surface area contributed by atoms with Gasteiger partial charge >= 0.3 is 0 Å². The molecule has 0 spiro atoms. The smallest absolute Gasteiger partial charge is 0.134 e. The molecule has 1 saturated heterocycles. The molecular weight excluding hydrogens is 188 g/mol. The minimum absolute atomic E-state index is 0.939. The highest BCUT2D eigenvalue weighted by Crippen LogP contribution is 2.18. The zero-order chi connectivity index (χ0) is 10.5. The lowest BCUT2D eigenvalue weighted by atomic mass is 10.4. The molecule has 1 N–H and O–H groups in total. The molecule has 1 aliphatic rings. The fraction of sp³-hybridized carbons (Fsp3) is 0.636. The number of anilines is 2. The lowest BCUT2D eigenvalue weighted by Crippen LogP contribution is -2.19. The largest absolute Gasteiger partial charge is 0.370 e. The SMILES string of the molecule is CCCNc1cc(N2CCCC2)ncn1. The number of hydrogen-bond acceptors (Lipinski definition) is 4. The highest BCUT2D eigenvalue weighted by atomic mass is 15.2. The van der Waals surface area contributed by atoms with Crippen LogP contribution in [0.25, 0.3) is 0 Å². The fourth-order valence-electron chi connectivity index (χ4n) is 1.82. The standard InChI is InChI=1S/C11H18N4/c1-2-5-12-10-8-11(14-9-13-10)15-6-3-4-7-15/h8-9H,2-7H2,1H3,(H,12,13,14). The van der Waals surface area contributed by atoms with Gasteiger partial charge in [-0.15, -0.1) is 0 Å². The maximum atomic E-state index is 4.30. The number of nitrogens with zero attached hydrogens (tertiary/aromatic N) is 3. The first kappa shape index (κ1) is 10.2. The first-order chi connectivity index (χ1) is 7.40. The molecule has 1 fully saturated rings. The van der Waals surface area contributed by atoms with Crippen LogP contribution >= 0.6 is 0 Å². The van der Waals surface area contributed by atoms with E-state index in [9.17, 15) is 0 Å². The average molecular weight is 206 g/mol. The van der Waals surface area contributed by atoms with Gasteiger partial charge in [0, 0.05) is 25.7 Å². The van der Waals surface area contributed by atoms with Gasteiger partial charge in [0.05, 0.1) is 0 Å². The van der Waals surface area contributed by atoms with Crippen LogP contribution in [0.4, 0.5) is 11.6 Å². The average Bonchev–Trinajstić information content (AvgIpc) is 2.80. The molecule has 1 aromatic heterocycles. The summed E-state index contributed by atoms with van der Waals surface area (Å²) in [5, 5.41) is 3.28. The maximum Gasteiger partial charge on any atom is 0.134 e. The molecule has 0 amide bonds. The van der Waals surface area contributed by atoms with Crippen molar-refractivity contribution in [1.29, 1.82) is 0 Å². The van der Waals surface area contributed by atoms with Gasteiger partial charge in [0.15, 0.2) is 0 Å². The van der Waals surface area contributed by atoms with E-state index in [-0.39, 0.29) is 0 Å². The number of aromatic nitrogens is 2. The normalized spacial score (nSPS) is 15.7. The Kier molecular flexibility index (Phi) is 3.37. The number of rotatable bonds is 4. The molecule has 1 aliphatic heterocycles. The van der Waals surface area contributed by atoms with E-state index in [1.165, 1.54) is 12.8 Å². The van der Waals surface area contributed by atoms with Crippen LogP contribution < -0.4 is 10.2 Å². The Balaban J connectivity index is 2.04. The molecular formula is C11H18N4. The third kappa shape index (κ3) is 2.58. The van der Waals surface area contributed by atoms with E-state index in [4.69, 9.17) is 0 Å². The minimum atomic E-state index is 0.939. The van der Waals surface area contributed by atoms with Crippen LogP contribution in [-0.2, 0) is 0 Å². The monoisotopic (exact) mass is 206 g/mol. The van der Waals surface area contributed by atoms with Gasteiger partial charge in [0.1, 0.15) is 18.0 Å². The summed E-state index contributed by atoms with van der Waals surface area (Å²) in [5.41, 5.74) is 0. The molecule has 0 aromatic carbocycles. The third-order valence-corrected chi connectivity index (χ3v) is 2.64. The molecule has 82 valence electrons. The Morgan fingerprint density at radius 1 is 1.33 bits per heavy atom. The van der Waals surface area contributed by atoms with Crippen LogP contribution in [0.15, 0.2) is 12.4 Å². The lowest BCUT2D eigenvalue weighted by Gasteiger charge is -2.16. The zero-order valence-electron chi connectivity index (χ0n) is 9.24. The Morgan fingerprint density at radius 2 is 2.13 bits per heavy atom. The number of nitrogens with one attached hydrogen (secondary N) is 1. The van der Waals surface area contributed by atoms with E-state index < -0.39 is 0 Å². The van der Waals surface area contributed by atoms with Crippen molar-refractivity contribution < 1.29 is 0 Å². The summed E-state index contributed by atoms with van der Waals surface area (Å²) in [4.78, 5) is 10.8. The van der Waals surface area contributed by atoms with Crippen LogP contribution in [0.2, 0.25) is 0 Å². The first-order valence-electron chi connectivity index (χ1n) is 5.71. The molecule has 2 heterocycles. The second kappa shape index (κ2) is 4.96. The van der Waals surface area contributed by atoms with Gasteiger partial charge in [-0.05, 0) is 19.3 Å². The van der Waals surface area contributed by atoms with Crippen LogP contribution in [0.1, 0.15) is 26.2 Å². The van der Waals surface area contributed by atoms with Crippen LogP contribution in [-0.4, -0.2) is 29.6 Å². The maximum absolute atomic E-state index is 4.30. The van der Waals surface area contributed by atoms with Gasteiger partial charge in [-0.3, -0.25) is 0 Å². The molecule has 0 saturated carbocycles. The van der Waals surface area contributed by atoms with E-state index in [2.05, 4.69) is 27.1 Å². The summed E-state index contributed by atoms with van der Waals surface area (Å²) < 4.78 is 0. The minimum Gasteiger partial charge on any atom is -0.370 e. The molecule has 0 atom stereocenters. The Hall–Kier alpha value is -1.32. The fourth-order valence-corrected chi connectivity index (χ4v) is 1.82. The van der Waals surface area contributed by atoms with Gasteiger partial charge in [0.25, 0.3) is 0 Å². The summed E-state index contributed by atoms with van der Waals surface area (Å²) >= 11 is 0. The van der Waals surface area contributed by atoms with Gasteiger partial charge in [-0.25, -0.2) is 9.97 Å². The van der Waals surface area contributed by atoms with Gasteiger partial charge in [-0.2, -0.15) is 0 Å². The highest BCUT2D eigenvalue weighted by Gasteiger charge is 2.13. The van der Waals surface area contributed by atoms with Gasteiger partial charge < -0.3 is 10.2 Å². The summed E-state index contributed by atoms with van der Waals surface area (Å²) in [6.07, 6.45) is 5.32. The molecule has 4 heteroatoms. The number of hydrogen-bond donors (Lipinski definition) is 1. The Bertz CT molecular complexity index is 307. The molecule has 0 unspecified atom stereocenters. The predicted molar refractivity (Wildman–Crippen MR) is 62.3 cm³/mol. The summed E-state index contributed by atoms with van der Waals surface area (Å²) in [7, 11) is 0. The van der Waals surface area contributed by atoms with Crippen molar-refractivity contribution >= 4 is 11.6 Å². The van der Waals surface area contributed by atoms with Crippen LogP contribution in [0, 0.1) is 0 Å². The summed E-state index contributed by atoms with van der Waals surface area (Å²) in [6, 6.07) is 2.04. The molecule has 1 aromatic rings. The highest BCUT2D eigenvalue weighted by molar-refractivity contribution is 5.48. The van der Waals surface area contributed by atoms with E-state index >= 15 is 0 Å². The summed E-state index contributed by atoms with van der Waals surface area (Å²) in [5.74, 6) is 2.00. The Labute approximate surface area is 90.7 Å². The Morgan fingerprint density at radius 3 is 2.87 bits per heavy atom. The van der Waals surface area contributed by atoms with Crippen molar-refractivity contribution in [2.45, 2.75) is 26.2 Å². The van der Waals surface area contributed by atoms with Crippen molar-refractivity contribution in [3.63, 3.8) is 0 Å². The first-order valence-corrected chi connectivity index (χ1v) is 5.71. The van der Waals surface area contributed by atoms with Crippen LogP contribution in [0.5, 0.6) is 0 Å².